The molecule has 0 saturated carbocycles. The lowest BCUT2D eigenvalue weighted by Crippen LogP contribution is -2.32. The molecule has 1 atom stereocenters. The summed E-state index contributed by atoms with van der Waals surface area (Å²) in [7, 11) is 0. The minimum absolute atomic E-state index is 0.0247. The topological polar surface area (TPSA) is 63.5 Å². The van der Waals surface area contributed by atoms with Crippen LogP contribution in [0.15, 0.2) is 46.8 Å². The van der Waals surface area contributed by atoms with Gasteiger partial charge in [-0.05, 0) is 24.6 Å². The van der Waals surface area contributed by atoms with Crippen LogP contribution in [-0.2, 0) is 0 Å². The van der Waals surface area contributed by atoms with Crippen LogP contribution in [0, 0.1) is 0 Å². The molecule has 1 N–H and O–H groups in total. The number of carbonyl (C=O) groups excluding carboxylic acids is 1. The largest absolute Gasteiger partial charge is 0.345 e. The molecule has 3 aromatic rings. The maximum Gasteiger partial charge on any atom is 0.271 e. The van der Waals surface area contributed by atoms with Crippen LogP contribution in [0.2, 0.25) is 5.02 Å². The molecule has 0 bridgehead atoms. The molecular formula is C15H12ClN3O2S. The number of halogens is 1. The fourth-order valence-corrected chi connectivity index (χ4v) is 2.89. The van der Waals surface area contributed by atoms with Crippen molar-refractivity contribution in [3.63, 3.8) is 0 Å². The van der Waals surface area contributed by atoms with Crippen LogP contribution in [0.3, 0.4) is 0 Å². The van der Waals surface area contributed by atoms with E-state index in [1.165, 1.54) is 21.9 Å². The lowest BCUT2D eigenvalue weighted by molar-refractivity contribution is 0.0938. The number of fused-ring (bicyclic) bond motifs is 1. The summed E-state index contributed by atoms with van der Waals surface area (Å²) < 4.78 is 1.37. The van der Waals surface area contributed by atoms with E-state index in [0.717, 1.165) is 5.56 Å². The molecule has 2 heterocycles. The third-order valence-corrected chi connectivity index (χ3v) is 4.33. The van der Waals surface area contributed by atoms with Gasteiger partial charge in [0.2, 0.25) is 0 Å². The maximum absolute atomic E-state index is 12.3. The molecule has 0 radical (unpaired) electrons. The first-order chi connectivity index (χ1) is 10.6. The molecular weight excluding hydrogens is 322 g/mol. The van der Waals surface area contributed by atoms with Crippen molar-refractivity contribution in [1.82, 2.24) is 14.7 Å². The monoisotopic (exact) mass is 333 g/mol. The quantitative estimate of drug-likeness (QED) is 0.801. The highest BCUT2D eigenvalue weighted by atomic mass is 35.5. The van der Waals surface area contributed by atoms with Crippen LogP contribution in [-0.4, -0.2) is 15.3 Å². The molecule has 7 heteroatoms. The number of carbonyl (C=O) groups is 1. The Labute approximate surface area is 135 Å². The summed E-state index contributed by atoms with van der Waals surface area (Å²) in [5.41, 5.74) is 0.561. The van der Waals surface area contributed by atoms with Crippen molar-refractivity contribution in [3.05, 3.63) is 68.5 Å². The van der Waals surface area contributed by atoms with Crippen molar-refractivity contribution in [2.75, 3.05) is 0 Å². The second-order valence-electron chi connectivity index (χ2n) is 4.78. The second kappa shape index (κ2) is 5.90. The number of aromatic nitrogens is 2. The summed E-state index contributed by atoms with van der Waals surface area (Å²) in [6.45, 7) is 1.84. The molecule has 22 heavy (non-hydrogen) atoms. The van der Waals surface area contributed by atoms with Crippen molar-refractivity contribution >= 4 is 33.8 Å². The predicted molar refractivity (Wildman–Crippen MR) is 86.7 cm³/mol. The van der Waals surface area contributed by atoms with Gasteiger partial charge in [-0.3, -0.25) is 14.0 Å². The van der Waals surface area contributed by atoms with Gasteiger partial charge in [0.15, 0.2) is 4.96 Å². The molecule has 0 fully saturated rings. The molecule has 3 rings (SSSR count). The first-order valence-electron chi connectivity index (χ1n) is 6.57. The zero-order chi connectivity index (χ0) is 15.7. The number of amides is 1. The maximum atomic E-state index is 12.3. The van der Waals surface area contributed by atoms with Gasteiger partial charge in [-0.2, -0.15) is 0 Å². The van der Waals surface area contributed by atoms with E-state index in [1.54, 1.807) is 23.7 Å². The van der Waals surface area contributed by atoms with Crippen LogP contribution < -0.4 is 10.9 Å². The highest BCUT2D eigenvalue weighted by Crippen LogP contribution is 2.16. The third kappa shape index (κ3) is 2.75. The summed E-state index contributed by atoms with van der Waals surface area (Å²) in [6.07, 6.45) is 2.92. The number of rotatable bonds is 3. The van der Waals surface area contributed by atoms with Gasteiger partial charge in [-0.25, -0.2) is 4.98 Å². The van der Waals surface area contributed by atoms with Crippen LogP contribution in [0.25, 0.3) is 4.96 Å². The van der Waals surface area contributed by atoms with Gasteiger partial charge in [0.1, 0.15) is 5.56 Å². The first-order valence-corrected chi connectivity index (χ1v) is 7.83. The summed E-state index contributed by atoms with van der Waals surface area (Å²) in [5.74, 6) is -0.444. The van der Waals surface area contributed by atoms with E-state index in [4.69, 9.17) is 11.6 Å². The Kier molecular flexibility index (Phi) is 3.96. The predicted octanol–water partition coefficient (Wildman–Crippen LogP) is 2.90. The summed E-state index contributed by atoms with van der Waals surface area (Å²) in [6, 6.07) is 6.94. The molecule has 5 nitrogen and oxygen atoms in total. The van der Waals surface area contributed by atoms with Crippen molar-refractivity contribution in [2.24, 2.45) is 0 Å². The lowest BCUT2D eigenvalue weighted by Gasteiger charge is -2.14. The second-order valence-corrected chi connectivity index (χ2v) is 6.09. The van der Waals surface area contributed by atoms with E-state index in [9.17, 15) is 9.59 Å². The molecule has 0 aliphatic heterocycles. The number of nitrogens with one attached hydrogen (secondary N) is 1. The number of thiazole rings is 1. The fraction of sp³-hybridized carbons (Fsp3) is 0.133. The molecule has 1 aromatic carbocycles. The van der Waals surface area contributed by atoms with E-state index in [2.05, 4.69) is 10.3 Å². The van der Waals surface area contributed by atoms with Crippen LogP contribution in [0.4, 0.5) is 0 Å². The molecule has 0 aliphatic carbocycles. The van der Waals surface area contributed by atoms with E-state index >= 15 is 0 Å². The minimum atomic E-state index is -0.444. The van der Waals surface area contributed by atoms with Crippen LogP contribution in [0.1, 0.15) is 28.9 Å². The summed E-state index contributed by atoms with van der Waals surface area (Å²) >= 11 is 7.19. The van der Waals surface area contributed by atoms with Gasteiger partial charge in [0.25, 0.3) is 11.5 Å². The number of hydrogen-bond donors (Lipinski definition) is 1. The van der Waals surface area contributed by atoms with Crippen LogP contribution >= 0.6 is 22.9 Å². The van der Waals surface area contributed by atoms with E-state index in [1.807, 2.05) is 19.1 Å². The van der Waals surface area contributed by atoms with Crippen molar-refractivity contribution in [1.29, 1.82) is 0 Å². The summed E-state index contributed by atoms with van der Waals surface area (Å²) in [5, 5.41) is 5.18. The molecule has 0 saturated heterocycles. The Morgan fingerprint density at radius 2 is 2.09 bits per heavy atom. The van der Waals surface area contributed by atoms with E-state index in [-0.39, 0.29) is 17.2 Å². The van der Waals surface area contributed by atoms with Crippen molar-refractivity contribution in [3.8, 4) is 0 Å². The van der Waals surface area contributed by atoms with Gasteiger partial charge in [-0.1, -0.05) is 23.7 Å². The zero-order valence-electron chi connectivity index (χ0n) is 11.6. The van der Waals surface area contributed by atoms with Gasteiger partial charge in [-0.15, -0.1) is 11.3 Å². The van der Waals surface area contributed by atoms with Crippen molar-refractivity contribution < 1.29 is 4.79 Å². The van der Waals surface area contributed by atoms with Crippen LogP contribution in [0.5, 0.6) is 0 Å². The van der Waals surface area contributed by atoms with E-state index < -0.39 is 5.91 Å². The minimum Gasteiger partial charge on any atom is -0.345 e. The smallest absolute Gasteiger partial charge is 0.271 e. The Balaban J connectivity index is 1.85. The third-order valence-electron chi connectivity index (χ3n) is 3.30. The van der Waals surface area contributed by atoms with Gasteiger partial charge in [0, 0.05) is 22.8 Å². The average Bonchev–Trinajstić information content (AvgIpc) is 2.97. The number of hydrogen-bond acceptors (Lipinski definition) is 4. The number of nitrogens with zero attached hydrogens (tertiary/aromatic N) is 2. The van der Waals surface area contributed by atoms with Gasteiger partial charge < -0.3 is 5.32 Å². The van der Waals surface area contributed by atoms with Gasteiger partial charge >= 0.3 is 0 Å². The Morgan fingerprint density at radius 1 is 1.36 bits per heavy atom. The average molecular weight is 334 g/mol. The summed E-state index contributed by atoms with van der Waals surface area (Å²) in [4.78, 5) is 29.2. The number of benzene rings is 1. The normalized spacial score (nSPS) is 12.3. The van der Waals surface area contributed by atoms with Crippen molar-refractivity contribution in [2.45, 2.75) is 13.0 Å². The molecule has 0 aliphatic rings. The SMILES string of the molecule is CC(NC(=O)c1cnc2sccn2c1=O)c1ccc(Cl)cc1. The fourth-order valence-electron chi connectivity index (χ4n) is 2.09. The van der Waals surface area contributed by atoms with Gasteiger partial charge in [0.05, 0.1) is 6.04 Å². The zero-order valence-corrected chi connectivity index (χ0v) is 13.2. The highest BCUT2D eigenvalue weighted by Gasteiger charge is 2.16. The molecule has 2 aromatic heterocycles. The lowest BCUT2D eigenvalue weighted by atomic mass is 10.1. The molecule has 1 amide bonds. The molecule has 0 spiro atoms. The Bertz CT molecular complexity index is 886. The molecule has 1 unspecified atom stereocenters. The highest BCUT2D eigenvalue weighted by molar-refractivity contribution is 7.15. The molecule has 112 valence electrons. The Hall–Kier alpha value is -2.18. The standard InChI is InChI=1S/C15H12ClN3O2S/c1-9(10-2-4-11(16)5-3-10)18-13(20)12-8-17-15-19(14(12)21)6-7-22-15/h2-9H,1H3,(H,18,20). The Morgan fingerprint density at radius 3 is 2.82 bits per heavy atom. The van der Waals surface area contributed by atoms with E-state index in [0.29, 0.717) is 9.98 Å². The first kappa shape index (κ1) is 14.7.